The lowest BCUT2D eigenvalue weighted by Gasteiger charge is -2.35. The third-order valence-corrected chi connectivity index (χ3v) is 7.11. The molecule has 27 heavy (non-hydrogen) atoms. The Morgan fingerprint density at radius 2 is 1.74 bits per heavy atom. The molecule has 0 radical (unpaired) electrons. The van der Waals surface area contributed by atoms with Gasteiger partial charge in [-0.1, -0.05) is 35.9 Å². The lowest BCUT2D eigenvalue weighted by Crippen LogP contribution is -2.48. The van der Waals surface area contributed by atoms with E-state index in [2.05, 4.69) is 9.88 Å². The summed E-state index contributed by atoms with van der Waals surface area (Å²) in [5, 5.41) is 1.52. The molecule has 5 nitrogen and oxygen atoms in total. The van der Waals surface area contributed by atoms with Gasteiger partial charge in [0.2, 0.25) is 10.0 Å². The number of aromatic nitrogens is 1. The van der Waals surface area contributed by atoms with Crippen LogP contribution < -0.4 is 4.90 Å². The van der Waals surface area contributed by atoms with E-state index in [0.717, 1.165) is 16.6 Å². The molecule has 0 spiro atoms. The first-order chi connectivity index (χ1) is 13.0. The van der Waals surface area contributed by atoms with Crippen molar-refractivity contribution >= 4 is 38.2 Å². The van der Waals surface area contributed by atoms with E-state index in [1.54, 1.807) is 18.3 Å². The van der Waals surface area contributed by atoms with E-state index in [-0.39, 0.29) is 4.90 Å². The molecule has 0 amide bonds. The van der Waals surface area contributed by atoms with Gasteiger partial charge < -0.3 is 4.90 Å². The van der Waals surface area contributed by atoms with Crippen LogP contribution in [0.25, 0.3) is 10.9 Å². The number of aryl methyl sites for hydroxylation is 1. The minimum atomic E-state index is -3.61. The minimum absolute atomic E-state index is 0.270. The Balaban J connectivity index is 1.61. The van der Waals surface area contributed by atoms with Crippen LogP contribution in [0.4, 0.5) is 5.69 Å². The van der Waals surface area contributed by atoms with Gasteiger partial charge in [0.15, 0.2) is 0 Å². The number of sulfonamides is 1. The third kappa shape index (κ3) is 3.40. The van der Waals surface area contributed by atoms with Crippen LogP contribution in [0.15, 0.2) is 59.6 Å². The largest absolute Gasteiger partial charge is 0.368 e. The zero-order valence-electron chi connectivity index (χ0n) is 15.0. The van der Waals surface area contributed by atoms with Gasteiger partial charge >= 0.3 is 0 Å². The summed E-state index contributed by atoms with van der Waals surface area (Å²) >= 11 is 6.28. The normalized spacial score (nSPS) is 16.0. The molecule has 1 fully saturated rings. The van der Waals surface area contributed by atoms with Crippen LogP contribution >= 0.6 is 11.6 Å². The van der Waals surface area contributed by atoms with Crippen LogP contribution in [-0.4, -0.2) is 43.9 Å². The van der Waals surface area contributed by atoms with Gasteiger partial charge in [-0.2, -0.15) is 4.31 Å². The Hall–Kier alpha value is -2.15. The Kier molecular flexibility index (Phi) is 4.80. The molecule has 0 saturated carbocycles. The van der Waals surface area contributed by atoms with Crippen LogP contribution in [0, 0.1) is 6.92 Å². The zero-order valence-corrected chi connectivity index (χ0v) is 16.5. The van der Waals surface area contributed by atoms with E-state index in [0.29, 0.717) is 36.7 Å². The molecule has 2 heterocycles. The lowest BCUT2D eigenvalue weighted by molar-refractivity contribution is 0.385. The summed E-state index contributed by atoms with van der Waals surface area (Å²) in [4.78, 5) is 6.78. The summed E-state index contributed by atoms with van der Waals surface area (Å²) in [6.07, 6.45) is 1.71. The van der Waals surface area contributed by atoms with E-state index < -0.39 is 10.0 Å². The maximum atomic E-state index is 13.2. The molecule has 1 aliphatic heterocycles. The molecular formula is C20H20ClN3O2S. The summed E-state index contributed by atoms with van der Waals surface area (Å²) in [7, 11) is -3.61. The smallest absolute Gasteiger partial charge is 0.245 e. The molecule has 4 rings (SSSR count). The molecule has 3 aromatic rings. The van der Waals surface area contributed by atoms with E-state index in [1.807, 2.05) is 43.3 Å². The zero-order chi connectivity index (χ0) is 19.0. The molecule has 1 saturated heterocycles. The Morgan fingerprint density at radius 1 is 1.00 bits per heavy atom. The van der Waals surface area contributed by atoms with Gasteiger partial charge in [0, 0.05) is 37.8 Å². The molecular weight excluding hydrogens is 382 g/mol. The van der Waals surface area contributed by atoms with Gasteiger partial charge in [-0.05, 0) is 36.8 Å². The van der Waals surface area contributed by atoms with E-state index >= 15 is 0 Å². The Morgan fingerprint density at radius 3 is 2.48 bits per heavy atom. The molecule has 0 unspecified atom stereocenters. The number of nitrogens with zero attached hydrogens (tertiary/aromatic N) is 3. The number of anilines is 1. The van der Waals surface area contributed by atoms with Crippen molar-refractivity contribution in [3.63, 3.8) is 0 Å². The first kappa shape index (κ1) is 18.2. The number of fused-ring (bicyclic) bond motifs is 1. The fourth-order valence-electron chi connectivity index (χ4n) is 3.47. The van der Waals surface area contributed by atoms with Crippen molar-refractivity contribution in [2.75, 3.05) is 31.1 Å². The Bertz CT molecular complexity index is 1090. The van der Waals surface area contributed by atoms with Gasteiger partial charge in [0.05, 0.1) is 16.2 Å². The van der Waals surface area contributed by atoms with E-state index in [9.17, 15) is 8.42 Å². The lowest BCUT2D eigenvalue weighted by atomic mass is 10.2. The van der Waals surface area contributed by atoms with E-state index in [1.165, 1.54) is 4.31 Å². The summed E-state index contributed by atoms with van der Waals surface area (Å²) in [6.45, 7) is 3.97. The first-order valence-electron chi connectivity index (χ1n) is 8.82. The average Bonchev–Trinajstić information content (AvgIpc) is 2.68. The van der Waals surface area contributed by atoms with Gasteiger partial charge in [-0.15, -0.1) is 0 Å². The first-order valence-corrected chi connectivity index (χ1v) is 10.6. The molecule has 140 valence electrons. The van der Waals surface area contributed by atoms with Gasteiger partial charge in [0.25, 0.3) is 0 Å². The SMILES string of the molecule is Cc1cnc2c(S(=O)(=O)N3CCN(c4ccccc4Cl)CC3)cccc2c1. The monoisotopic (exact) mass is 401 g/mol. The van der Waals surface area contributed by atoms with Crippen molar-refractivity contribution in [2.24, 2.45) is 0 Å². The number of halogens is 1. The average molecular weight is 402 g/mol. The number of rotatable bonds is 3. The molecule has 2 aromatic carbocycles. The predicted octanol–water partition coefficient (Wildman–Crippen LogP) is 3.71. The molecule has 7 heteroatoms. The third-order valence-electron chi connectivity index (χ3n) is 4.86. The van der Waals surface area contributed by atoms with E-state index in [4.69, 9.17) is 11.6 Å². The summed E-state index contributed by atoms with van der Waals surface area (Å²) in [6, 6.07) is 14.9. The molecule has 0 N–H and O–H groups in total. The quantitative estimate of drug-likeness (QED) is 0.671. The highest BCUT2D eigenvalue weighted by molar-refractivity contribution is 7.89. The van der Waals surface area contributed by atoms with Crippen molar-refractivity contribution < 1.29 is 8.42 Å². The predicted molar refractivity (Wildman–Crippen MR) is 109 cm³/mol. The standard InChI is InChI=1S/C20H20ClN3O2S/c1-15-13-16-5-4-8-19(20(16)22-14-15)27(25,26)24-11-9-23(10-12-24)18-7-3-2-6-17(18)21/h2-8,13-14H,9-12H2,1H3. The second kappa shape index (κ2) is 7.11. The maximum Gasteiger partial charge on any atom is 0.245 e. The van der Waals surface area contributed by atoms with Crippen LogP contribution in [0.2, 0.25) is 5.02 Å². The number of hydrogen-bond acceptors (Lipinski definition) is 4. The molecule has 1 aliphatic rings. The second-order valence-corrected chi connectivity index (χ2v) is 9.00. The van der Waals surface area contributed by atoms with Gasteiger partial charge in [-0.3, -0.25) is 4.98 Å². The number of piperazine rings is 1. The molecule has 0 aliphatic carbocycles. The van der Waals surface area contributed by atoms with Crippen molar-refractivity contribution in [3.8, 4) is 0 Å². The van der Waals surface area contributed by atoms with Crippen LogP contribution in [0.1, 0.15) is 5.56 Å². The van der Waals surface area contributed by atoms with Gasteiger partial charge in [-0.25, -0.2) is 8.42 Å². The molecule has 0 atom stereocenters. The maximum absolute atomic E-state index is 13.2. The van der Waals surface area contributed by atoms with Crippen LogP contribution in [0.3, 0.4) is 0 Å². The molecule has 1 aromatic heterocycles. The van der Waals surface area contributed by atoms with Crippen LogP contribution in [-0.2, 0) is 10.0 Å². The van der Waals surface area contributed by atoms with Crippen molar-refractivity contribution in [3.05, 3.63) is 65.3 Å². The number of pyridine rings is 1. The fourth-order valence-corrected chi connectivity index (χ4v) is 5.31. The van der Waals surface area contributed by atoms with Crippen molar-refractivity contribution in [1.29, 1.82) is 0 Å². The van der Waals surface area contributed by atoms with Crippen molar-refractivity contribution in [2.45, 2.75) is 11.8 Å². The summed E-state index contributed by atoms with van der Waals surface area (Å²) < 4.78 is 28.0. The minimum Gasteiger partial charge on any atom is -0.368 e. The van der Waals surface area contributed by atoms with Crippen molar-refractivity contribution in [1.82, 2.24) is 9.29 Å². The highest BCUT2D eigenvalue weighted by atomic mass is 35.5. The second-order valence-electron chi connectivity index (χ2n) is 6.68. The summed E-state index contributed by atoms with van der Waals surface area (Å²) in [5.74, 6) is 0. The van der Waals surface area contributed by atoms with Gasteiger partial charge in [0.1, 0.15) is 4.90 Å². The fraction of sp³-hybridized carbons (Fsp3) is 0.250. The Labute approximate surface area is 164 Å². The highest BCUT2D eigenvalue weighted by Crippen LogP contribution is 2.29. The number of hydrogen-bond donors (Lipinski definition) is 0. The summed E-state index contributed by atoms with van der Waals surface area (Å²) in [5.41, 5.74) is 2.47. The topological polar surface area (TPSA) is 53.5 Å². The highest BCUT2D eigenvalue weighted by Gasteiger charge is 2.30. The molecule has 0 bridgehead atoms. The number of para-hydroxylation sites is 2. The number of benzene rings is 2. The van der Waals surface area contributed by atoms with Crippen LogP contribution in [0.5, 0.6) is 0 Å².